The van der Waals surface area contributed by atoms with E-state index in [1.54, 1.807) is 67.6 Å². The second kappa shape index (κ2) is 10.5. The molecule has 0 unspecified atom stereocenters. The molecule has 1 amide bonds. The third-order valence-corrected chi connectivity index (χ3v) is 6.18. The molecule has 0 spiro atoms. The fourth-order valence-corrected chi connectivity index (χ4v) is 4.39. The lowest BCUT2D eigenvalue weighted by Crippen LogP contribution is -2.15. The summed E-state index contributed by atoms with van der Waals surface area (Å²) < 4.78 is 33.8. The number of hydrogen-bond donors (Lipinski definition) is 2. The Morgan fingerprint density at radius 1 is 1.06 bits per heavy atom. The van der Waals surface area contributed by atoms with Crippen LogP contribution in [0.15, 0.2) is 77.7 Å². The topological polar surface area (TPSA) is 108 Å². The van der Waals surface area contributed by atoms with Gasteiger partial charge in [0, 0.05) is 17.5 Å². The summed E-state index contributed by atoms with van der Waals surface area (Å²) in [5.74, 6) is 0.196. The van der Waals surface area contributed by atoms with Gasteiger partial charge >= 0.3 is 0 Å². The van der Waals surface area contributed by atoms with Crippen LogP contribution in [0, 0.1) is 18.3 Å². The maximum absolute atomic E-state index is 13.0. The highest BCUT2D eigenvalue weighted by Gasteiger charge is 2.18. The molecule has 3 aromatic rings. The second-order valence-corrected chi connectivity index (χ2v) is 8.72. The highest BCUT2D eigenvalue weighted by atomic mass is 32.2. The van der Waals surface area contributed by atoms with Crippen LogP contribution in [0.1, 0.15) is 23.6 Å². The van der Waals surface area contributed by atoms with Crippen LogP contribution in [-0.2, 0) is 14.8 Å². The molecule has 7 nitrogen and oxygen atoms in total. The van der Waals surface area contributed by atoms with Crippen molar-refractivity contribution in [1.82, 2.24) is 0 Å². The van der Waals surface area contributed by atoms with Gasteiger partial charge in [0.05, 0.1) is 23.1 Å². The maximum atomic E-state index is 13.0. The van der Waals surface area contributed by atoms with Crippen LogP contribution in [0.25, 0.3) is 6.08 Å². The molecule has 0 aliphatic carbocycles. The van der Waals surface area contributed by atoms with Crippen LogP contribution in [0.3, 0.4) is 0 Å². The number of carbonyl (C=O) groups is 1. The van der Waals surface area contributed by atoms with Gasteiger partial charge < -0.3 is 10.1 Å². The van der Waals surface area contributed by atoms with E-state index in [1.165, 1.54) is 18.2 Å². The quantitative estimate of drug-likeness (QED) is 0.472. The van der Waals surface area contributed by atoms with Crippen LogP contribution in [0.4, 0.5) is 11.4 Å². The normalized spacial score (nSPS) is 11.1. The molecule has 3 rings (SSSR count). The summed E-state index contributed by atoms with van der Waals surface area (Å²) in [5.41, 5.74) is 2.32. The van der Waals surface area contributed by atoms with E-state index in [1.807, 2.05) is 6.92 Å². The third kappa shape index (κ3) is 6.21. The summed E-state index contributed by atoms with van der Waals surface area (Å²) in [6.07, 6.45) is 2.83. The minimum Gasteiger partial charge on any atom is -0.494 e. The van der Waals surface area contributed by atoms with Crippen molar-refractivity contribution in [2.45, 2.75) is 18.7 Å². The van der Waals surface area contributed by atoms with Gasteiger partial charge in [-0.2, -0.15) is 5.26 Å². The molecule has 2 N–H and O–H groups in total. The fraction of sp³-hybridized carbons (Fsp3) is 0.120. The molecular formula is C25H23N3O4S. The number of hydrogen-bond acceptors (Lipinski definition) is 5. The first-order chi connectivity index (χ1) is 15.8. The average molecular weight is 462 g/mol. The smallest absolute Gasteiger partial charge is 0.262 e. The lowest BCUT2D eigenvalue weighted by molar-refractivity contribution is -0.111. The molecule has 0 fully saturated rings. The minimum absolute atomic E-state index is 0.0491. The first kappa shape index (κ1) is 23.6. The number of carbonyl (C=O) groups excluding carboxylic acids is 1. The molecule has 0 bridgehead atoms. The van der Waals surface area contributed by atoms with Crippen molar-refractivity contribution in [3.8, 4) is 11.8 Å². The molecule has 33 heavy (non-hydrogen) atoms. The molecule has 0 aliphatic rings. The molecule has 168 valence electrons. The Morgan fingerprint density at radius 2 is 1.76 bits per heavy atom. The number of nitriles is 1. The van der Waals surface area contributed by atoms with Crippen molar-refractivity contribution in [3.05, 3.63) is 89.5 Å². The average Bonchev–Trinajstić information content (AvgIpc) is 2.80. The van der Waals surface area contributed by atoms with Crippen molar-refractivity contribution in [2.75, 3.05) is 16.6 Å². The number of amides is 1. The SMILES string of the molecule is CCOc1ccc(NS(=O)(=O)c2cc(NC(=O)/C=C/c3ccccc3C#N)ccc2C)cc1. The van der Waals surface area contributed by atoms with Crippen molar-refractivity contribution >= 4 is 33.4 Å². The number of nitrogens with one attached hydrogen (secondary N) is 2. The lowest BCUT2D eigenvalue weighted by atomic mass is 10.1. The molecule has 0 atom stereocenters. The van der Waals surface area contributed by atoms with Crippen molar-refractivity contribution in [1.29, 1.82) is 5.26 Å². The number of sulfonamides is 1. The van der Waals surface area contributed by atoms with E-state index in [0.29, 0.717) is 40.4 Å². The molecule has 3 aromatic carbocycles. The zero-order chi connectivity index (χ0) is 23.8. The van der Waals surface area contributed by atoms with Crippen LogP contribution >= 0.6 is 0 Å². The molecule has 0 aromatic heterocycles. The Bertz CT molecular complexity index is 1320. The van der Waals surface area contributed by atoms with Crippen LogP contribution in [0.5, 0.6) is 5.75 Å². The summed E-state index contributed by atoms with van der Waals surface area (Å²) in [4.78, 5) is 12.4. The number of anilines is 2. The molecule has 0 saturated carbocycles. The highest BCUT2D eigenvalue weighted by molar-refractivity contribution is 7.92. The Hall–Kier alpha value is -4.09. The zero-order valence-electron chi connectivity index (χ0n) is 18.2. The Kier molecular flexibility index (Phi) is 7.49. The van der Waals surface area contributed by atoms with Gasteiger partial charge in [-0.15, -0.1) is 0 Å². The van der Waals surface area contributed by atoms with Crippen molar-refractivity contribution < 1.29 is 17.9 Å². The Balaban J connectivity index is 1.76. The van der Waals surface area contributed by atoms with Gasteiger partial charge in [-0.3, -0.25) is 9.52 Å². The van der Waals surface area contributed by atoms with E-state index >= 15 is 0 Å². The predicted molar refractivity (Wildman–Crippen MR) is 128 cm³/mol. The third-order valence-electron chi connectivity index (χ3n) is 4.66. The molecule has 8 heteroatoms. The van der Waals surface area contributed by atoms with Gasteiger partial charge in [0.1, 0.15) is 5.75 Å². The molecule has 0 saturated heterocycles. The van der Waals surface area contributed by atoms with Crippen LogP contribution in [0.2, 0.25) is 0 Å². The highest BCUT2D eigenvalue weighted by Crippen LogP contribution is 2.24. The number of benzene rings is 3. The van der Waals surface area contributed by atoms with Gasteiger partial charge in [0.25, 0.3) is 10.0 Å². The Labute approximate surface area is 193 Å². The van der Waals surface area contributed by atoms with Crippen LogP contribution < -0.4 is 14.8 Å². The second-order valence-electron chi connectivity index (χ2n) is 7.06. The van der Waals surface area contributed by atoms with Crippen molar-refractivity contribution in [2.24, 2.45) is 0 Å². The van der Waals surface area contributed by atoms with Gasteiger partial charge in [0.15, 0.2) is 0 Å². The predicted octanol–water partition coefficient (Wildman–Crippen LogP) is 4.72. The summed E-state index contributed by atoms with van der Waals surface area (Å²) in [6, 6.07) is 20.2. The van der Waals surface area contributed by atoms with Gasteiger partial charge in [0.2, 0.25) is 5.91 Å². The van der Waals surface area contributed by atoms with E-state index in [4.69, 9.17) is 10.00 Å². The lowest BCUT2D eigenvalue weighted by Gasteiger charge is -2.13. The monoisotopic (exact) mass is 461 g/mol. The zero-order valence-corrected chi connectivity index (χ0v) is 19.0. The Morgan fingerprint density at radius 3 is 2.45 bits per heavy atom. The number of ether oxygens (including phenoxy) is 1. The standard InChI is InChI=1S/C25H23N3O4S/c1-3-32-23-13-11-21(12-14-23)28-33(30,31)24-16-22(10-8-18(24)2)27-25(29)15-9-19-6-4-5-7-20(19)17-26/h4-16,28H,3H2,1-2H3,(H,27,29)/b15-9+. The molecular weight excluding hydrogens is 438 g/mol. The van der Waals surface area contributed by atoms with Gasteiger partial charge in [-0.1, -0.05) is 24.3 Å². The first-order valence-electron chi connectivity index (χ1n) is 10.2. The summed E-state index contributed by atoms with van der Waals surface area (Å²) in [5, 5.41) is 11.8. The van der Waals surface area contributed by atoms with E-state index in [9.17, 15) is 13.2 Å². The van der Waals surface area contributed by atoms with Gasteiger partial charge in [-0.05, 0) is 73.5 Å². The van der Waals surface area contributed by atoms with Gasteiger partial charge in [-0.25, -0.2) is 8.42 Å². The largest absolute Gasteiger partial charge is 0.494 e. The summed E-state index contributed by atoms with van der Waals surface area (Å²) in [7, 11) is -3.89. The molecule has 0 aliphatic heterocycles. The maximum Gasteiger partial charge on any atom is 0.262 e. The number of rotatable bonds is 8. The number of aryl methyl sites for hydroxylation is 1. The fourth-order valence-electron chi connectivity index (χ4n) is 3.06. The van der Waals surface area contributed by atoms with Crippen LogP contribution in [-0.4, -0.2) is 20.9 Å². The minimum atomic E-state index is -3.89. The molecule has 0 radical (unpaired) electrons. The summed E-state index contributed by atoms with van der Waals surface area (Å²) >= 11 is 0. The molecule has 0 heterocycles. The number of nitrogens with zero attached hydrogens (tertiary/aromatic N) is 1. The van der Waals surface area contributed by atoms with Crippen molar-refractivity contribution in [3.63, 3.8) is 0 Å². The summed E-state index contributed by atoms with van der Waals surface area (Å²) in [6.45, 7) is 4.06. The van der Waals surface area contributed by atoms with E-state index < -0.39 is 15.9 Å². The van der Waals surface area contributed by atoms with E-state index in [0.717, 1.165) is 0 Å². The van der Waals surface area contributed by atoms with E-state index in [-0.39, 0.29) is 4.90 Å². The van der Waals surface area contributed by atoms with E-state index in [2.05, 4.69) is 16.1 Å². The first-order valence-corrected chi connectivity index (χ1v) is 11.6.